The van der Waals surface area contributed by atoms with Crippen molar-refractivity contribution in [3.05, 3.63) is 84.6 Å². The van der Waals surface area contributed by atoms with E-state index in [9.17, 15) is 0 Å². The number of ether oxygens (including phenoxy) is 1. The van der Waals surface area contributed by atoms with Crippen molar-refractivity contribution >= 4 is 10.9 Å². The van der Waals surface area contributed by atoms with Gasteiger partial charge in [0.15, 0.2) is 0 Å². The van der Waals surface area contributed by atoms with E-state index in [-0.39, 0.29) is 0 Å². The summed E-state index contributed by atoms with van der Waals surface area (Å²) in [5.74, 6) is 1.69. The molecule has 2 N–H and O–H groups in total. The fourth-order valence-corrected chi connectivity index (χ4v) is 3.65. The molecule has 4 nitrogen and oxygen atoms in total. The first-order valence-corrected chi connectivity index (χ1v) is 9.61. The Kier molecular flexibility index (Phi) is 4.17. The summed E-state index contributed by atoms with van der Waals surface area (Å²) in [6.07, 6.45) is 2.05. The number of aromatic amines is 2. The molecular formula is C25H21N3O. The number of fused-ring (bicyclic) bond motifs is 1. The van der Waals surface area contributed by atoms with E-state index < -0.39 is 0 Å². The van der Waals surface area contributed by atoms with Gasteiger partial charge in [0.2, 0.25) is 0 Å². The lowest BCUT2D eigenvalue weighted by molar-refractivity contribution is 0.415. The summed E-state index contributed by atoms with van der Waals surface area (Å²) in [6.45, 7) is 2.09. The Morgan fingerprint density at radius 3 is 2.31 bits per heavy atom. The van der Waals surface area contributed by atoms with Crippen LogP contribution in [0.5, 0.6) is 5.75 Å². The van der Waals surface area contributed by atoms with Crippen molar-refractivity contribution in [3.8, 4) is 39.7 Å². The van der Waals surface area contributed by atoms with Crippen molar-refractivity contribution in [3.63, 3.8) is 0 Å². The average molecular weight is 379 g/mol. The molecule has 0 amide bonds. The lowest BCUT2D eigenvalue weighted by atomic mass is 10.0. The molecule has 142 valence electrons. The maximum Gasteiger partial charge on any atom is 0.138 e. The van der Waals surface area contributed by atoms with Gasteiger partial charge in [-0.2, -0.15) is 0 Å². The predicted molar refractivity (Wildman–Crippen MR) is 118 cm³/mol. The molecule has 0 unspecified atom stereocenters. The Balaban J connectivity index is 1.72. The van der Waals surface area contributed by atoms with Crippen LogP contribution in [0.15, 0.2) is 79.0 Å². The highest BCUT2D eigenvalue weighted by Crippen LogP contribution is 2.37. The number of benzene rings is 3. The minimum absolute atomic E-state index is 0.830. The van der Waals surface area contributed by atoms with Crippen LogP contribution in [0.2, 0.25) is 0 Å². The second-order valence-corrected chi connectivity index (χ2v) is 7.15. The van der Waals surface area contributed by atoms with Gasteiger partial charge in [0.1, 0.15) is 11.6 Å². The Labute approximate surface area is 169 Å². The molecule has 5 aromatic rings. The first-order chi connectivity index (χ1) is 14.2. The van der Waals surface area contributed by atoms with E-state index in [0.29, 0.717) is 0 Å². The molecule has 3 aromatic carbocycles. The quantitative estimate of drug-likeness (QED) is 0.390. The monoisotopic (exact) mass is 379 g/mol. The van der Waals surface area contributed by atoms with Gasteiger partial charge in [0.25, 0.3) is 0 Å². The average Bonchev–Trinajstić information content (AvgIpc) is 3.39. The minimum atomic E-state index is 0.830. The van der Waals surface area contributed by atoms with Crippen LogP contribution in [0, 0.1) is 6.92 Å². The topological polar surface area (TPSA) is 53.7 Å². The second-order valence-electron chi connectivity index (χ2n) is 7.15. The van der Waals surface area contributed by atoms with E-state index in [1.54, 1.807) is 7.11 Å². The smallest absolute Gasteiger partial charge is 0.138 e. The van der Waals surface area contributed by atoms with Crippen molar-refractivity contribution < 1.29 is 4.74 Å². The molecule has 0 radical (unpaired) electrons. The van der Waals surface area contributed by atoms with Crippen molar-refractivity contribution in [2.45, 2.75) is 6.92 Å². The first-order valence-electron chi connectivity index (χ1n) is 9.61. The van der Waals surface area contributed by atoms with E-state index in [4.69, 9.17) is 9.72 Å². The molecule has 0 fully saturated rings. The van der Waals surface area contributed by atoms with Crippen LogP contribution in [-0.2, 0) is 0 Å². The third-order valence-electron chi connectivity index (χ3n) is 5.25. The van der Waals surface area contributed by atoms with Crippen LogP contribution in [0.4, 0.5) is 0 Å². The highest BCUT2D eigenvalue weighted by atomic mass is 16.5. The van der Waals surface area contributed by atoms with Crippen molar-refractivity contribution in [1.82, 2.24) is 15.0 Å². The van der Waals surface area contributed by atoms with Crippen LogP contribution in [0.3, 0.4) is 0 Å². The van der Waals surface area contributed by atoms with Gasteiger partial charge in [-0.25, -0.2) is 4.98 Å². The van der Waals surface area contributed by atoms with E-state index >= 15 is 0 Å². The summed E-state index contributed by atoms with van der Waals surface area (Å²) in [5, 5.41) is 1.17. The maximum atomic E-state index is 5.32. The van der Waals surface area contributed by atoms with Gasteiger partial charge in [-0.15, -0.1) is 0 Å². The maximum absolute atomic E-state index is 5.32. The molecule has 0 saturated heterocycles. The fraction of sp³-hybridized carbons (Fsp3) is 0.0800. The summed E-state index contributed by atoms with van der Waals surface area (Å²) < 4.78 is 5.32. The van der Waals surface area contributed by atoms with Gasteiger partial charge in [0.05, 0.1) is 18.5 Å². The molecule has 0 aliphatic rings. The number of methoxy groups -OCH3 is 1. The highest BCUT2D eigenvalue weighted by Gasteiger charge is 2.18. The number of aromatic nitrogens is 3. The number of para-hydroxylation sites is 1. The zero-order valence-corrected chi connectivity index (χ0v) is 16.4. The Morgan fingerprint density at radius 1 is 0.828 bits per heavy atom. The molecule has 0 aliphatic carbocycles. The molecule has 0 aliphatic heterocycles. The number of H-pyrrole nitrogens is 2. The van der Waals surface area contributed by atoms with E-state index in [2.05, 4.69) is 59.4 Å². The zero-order chi connectivity index (χ0) is 19.8. The lowest BCUT2D eigenvalue weighted by Crippen LogP contribution is -1.85. The molecule has 2 heterocycles. The third kappa shape index (κ3) is 3.09. The molecule has 0 bridgehead atoms. The molecule has 0 saturated carbocycles. The summed E-state index contributed by atoms with van der Waals surface area (Å²) in [6, 6.07) is 24.8. The van der Waals surface area contributed by atoms with Gasteiger partial charge in [-0.05, 0) is 37.3 Å². The second kappa shape index (κ2) is 6.99. The number of imidazole rings is 1. The zero-order valence-electron chi connectivity index (χ0n) is 16.4. The lowest BCUT2D eigenvalue weighted by Gasteiger charge is -2.04. The number of rotatable bonds is 4. The van der Waals surface area contributed by atoms with Crippen molar-refractivity contribution in [1.29, 1.82) is 0 Å². The molecule has 4 heteroatoms. The molecular weight excluding hydrogens is 358 g/mol. The molecule has 2 aromatic heterocycles. The van der Waals surface area contributed by atoms with Crippen molar-refractivity contribution in [2.24, 2.45) is 0 Å². The van der Waals surface area contributed by atoms with Crippen LogP contribution >= 0.6 is 0 Å². The molecule has 0 spiro atoms. The fourth-order valence-electron chi connectivity index (χ4n) is 3.65. The standard InChI is InChI=1S/C25H21N3O/c1-16-7-9-18(10-8-16)25-27-23(17-11-13-19(29-2)14-12-17)24(28-25)21-15-26-22-6-4-3-5-20(21)22/h3-15,26H,1-2H3,(H,27,28). The number of nitrogens with zero attached hydrogens (tertiary/aromatic N) is 1. The summed E-state index contributed by atoms with van der Waals surface area (Å²) >= 11 is 0. The number of hydrogen-bond donors (Lipinski definition) is 2. The predicted octanol–water partition coefficient (Wildman–Crippen LogP) is 6.21. The Bertz CT molecular complexity index is 1280. The van der Waals surface area contributed by atoms with Crippen LogP contribution in [-0.4, -0.2) is 22.1 Å². The Hall–Kier alpha value is -3.79. The number of hydrogen-bond acceptors (Lipinski definition) is 2. The van der Waals surface area contributed by atoms with Crippen LogP contribution < -0.4 is 4.74 Å². The van der Waals surface area contributed by atoms with Gasteiger partial charge < -0.3 is 14.7 Å². The first kappa shape index (κ1) is 17.3. The Morgan fingerprint density at radius 2 is 1.55 bits per heavy atom. The van der Waals surface area contributed by atoms with Gasteiger partial charge in [0, 0.05) is 33.8 Å². The van der Waals surface area contributed by atoms with Gasteiger partial charge >= 0.3 is 0 Å². The van der Waals surface area contributed by atoms with E-state index in [0.717, 1.165) is 45.2 Å². The molecule has 5 rings (SSSR count). The number of aryl methyl sites for hydroxylation is 1. The normalized spacial score (nSPS) is 11.1. The summed E-state index contributed by atoms with van der Waals surface area (Å²) in [7, 11) is 1.68. The largest absolute Gasteiger partial charge is 0.497 e. The van der Waals surface area contributed by atoms with Crippen molar-refractivity contribution in [2.75, 3.05) is 7.11 Å². The summed E-state index contributed by atoms with van der Waals surface area (Å²) in [5.41, 5.74) is 7.48. The minimum Gasteiger partial charge on any atom is -0.497 e. The highest BCUT2D eigenvalue weighted by molar-refractivity contribution is 5.98. The molecule has 0 atom stereocenters. The SMILES string of the molecule is COc1ccc(-c2nc(-c3ccc(C)cc3)[nH]c2-c2c[nH]c3ccccc23)cc1. The van der Waals surface area contributed by atoms with Crippen LogP contribution in [0.25, 0.3) is 44.8 Å². The number of nitrogens with one attached hydrogen (secondary N) is 2. The summed E-state index contributed by atoms with van der Waals surface area (Å²) in [4.78, 5) is 11.9. The van der Waals surface area contributed by atoms with E-state index in [1.165, 1.54) is 10.9 Å². The van der Waals surface area contributed by atoms with E-state index in [1.807, 2.05) is 36.5 Å². The van der Waals surface area contributed by atoms with Gasteiger partial charge in [-0.1, -0.05) is 48.0 Å². The van der Waals surface area contributed by atoms with Crippen LogP contribution in [0.1, 0.15) is 5.56 Å². The molecule has 29 heavy (non-hydrogen) atoms. The van der Waals surface area contributed by atoms with Gasteiger partial charge in [-0.3, -0.25) is 0 Å². The third-order valence-corrected chi connectivity index (χ3v) is 5.25.